The van der Waals surface area contributed by atoms with Crippen molar-refractivity contribution in [2.75, 3.05) is 0 Å². The van der Waals surface area contributed by atoms with Crippen molar-refractivity contribution in [3.05, 3.63) is 11.1 Å². The van der Waals surface area contributed by atoms with Crippen molar-refractivity contribution < 1.29 is 4.79 Å². The minimum atomic E-state index is 0.401. The van der Waals surface area contributed by atoms with Gasteiger partial charge in [0.25, 0.3) is 0 Å². The highest BCUT2D eigenvalue weighted by atomic mass is 16.1. The second kappa shape index (κ2) is 2.34. The summed E-state index contributed by atoms with van der Waals surface area (Å²) in [5, 5.41) is 0. The van der Waals surface area contributed by atoms with Gasteiger partial charge in [-0.2, -0.15) is 0 Å². The summed E-state index contributed by atoms with van der Waals surface area (Å²) in [6.45, 7) is 4.16. The van der Waals surface area contributed by atoms with Crippen LogP contribution in [0.4, 0.5) is 0 Å². The molecule has 0 bridgehead atoms. The summed E-state index contributed by atoms with van der Waals surface area (Å²) < 4.78 is 0. The van der Waals surface area contributed by atoms with E-state index in [0.29, 0.717) is 12.2 Å². The van der Waals surface area contributed by atoms with Crippen LogP contribution < -0.4 is 0 Å². The van der Waals surface area contributed by atoms with E-state index in [1.54, 1.807) is 0 Å². The van der Waals surface area contributed by atoms with Gasteiger partial charge in [-0.1, -0.05) is 11.1 Å². The Morgan fingerprint density at radius 3 is 2.22 bits per heavy atom. The lowest BCUT2D eigenvalue weighted by atomic mass is 9.93. The fourth-order valence-electron chi connectivity index (χ4n) is 1.08. The maximum Gasteiger partial charge on any atom is 0.137 e. The average molecular weight is 124 g/mol. The zero-order valence-electron chi connectivity index (χ0n) is 6.03. The number of rotatable bonds is 0. The van der Waals surface area contributed by atoms with Gasteiger partial charge in [-0.15, -0.1) is 0 Å². The summed E-state index contributed by atoms with van der Waals surface area (Å²) in [7, 11) is 0. The Hall–Kier alpha value is -0.590. The molecule has 0 radical (unpaired) electrons. The SMILES string of the molecule is CC1=C(C)CC(=O)CC1. The van der Waals surface area contributed by atoms with Gasteiger partial charge < -0.3 is 0 Å². The number of hydrogen-bond acceptors (Lipinski definition) is 1. The van der Waals surface area contributed by atoms with Crippen LogP contribution >= 0.6 is 0 Å². The molecule has 0 aromatic rings. The number of hydrogen-bond donors (Lipinski definition) is 0. The Labute approximate surface area is 55.8 Å². The van der Waals surface area contributed by atoms with Crippen LogP contribution in [-0.2, 0) is 4.79 Å². The molecule has 1 rings (SSSR count). The Balaban J connectivity index is 2.72. The molecule has 0 amide bonds. The largest absolute Gasteiger partial charge is 0.299 e. The average Bonchev–Trinajstić information content (AvgIpc) is 1.80. The standard InChI is InChI=1S/C8H12O/c1-6-3-4-8(9)5-7(6)2/h3-5H2,1-2H3. The van der Waals surface area contributed by atoms with E-state index in [-0.39, 0.29) is 0 Å². The molecule has 0 aliphatic heterocycles. The van der Waals surface area contributed by atoms with Gasteiger partial charge in [0.05, 0.1) is 0 Å². The lowest BCUT2D eigenvalue weighted by Gasteiger charge is -2.12. The van der Waals surface area contributed by atoms with Crippen LogP contribution in [0.5, 0.6) is 0 Å². The zero-order valence-corrected chi connectivity index (χ0v) is 6.03. The first-order valence-electron chi connectivity index (χ1n) is 3.37. The minimum Gasteiger partial charge on any atom is -0.299 e. The van der Waals surface area contributed by atoms with E-state index in [1.165, 1.54) is 11.1 Å². The minimum absolute atomic E-state index is 0.401. The van der Waals surface area contributed by atoms with Crippen LogP contribution in [0.2, 0.25) is 0 Å². The van der Waals surface area contributed by atoms with Crippen LogP contribution in [0.15, 0.2) is 11.1 Å². The highest BCUT2D eigenvalue weighted by Gasteiger charge is 2.11. The molecule has 0 atom stereocenters. The lowest BCUT2D eigenvalue weighted by molar-refractivity contribution is -0.118. The highest BCUT2D eigenvalue weighted by Crippen LogP contribution is 2.20. The Kier molecular flexibility index (Phi) is 1.70. The van der Waals surface area contributed by atoms with Gasteiger partial charge in [0.1, 0.15) is 5.78 Å². The predicted octanol–water partition coefficient (Wildman–Crippen LogP) is 2.08. The second-order valence-electron chi connectivity index (χ2n) is 2.78. The molecular weight excluding hydrogens is 112 g/mol. The first-order chi connectivity index (χ1) is 4.20. The molecule has 0 saturated carbocycles. The van der Waals surface area contributed by atoms with E-state index in [0.717, 1.165) is 12.8 Å². The summed E-state index contributed by atoms with van der Waals surface area (Å²) in [4.78, 5) is 10.8. The third-order valence-electron chi connectivity index (χ3n) is 1.97. The van der Waals surface area contributed by atoms with E-state index in [9.17, 15) is 4.79 Å². The van der Waals surface area contributed by atoms with E-state index >= 15 is 0 Å². The molecular formula is C8H12O. The van der Waals surface area contributed by atoms with Crippen molar-refractivity contribution in [2.24, 2.45) is 0 Å². The number of carbonyl (C=O) groups is 1. The number of Topliss-reactive ketones (excluding diaryl/α,β-unsaturated/α-hetero) is 1. The van der Waals surface area contributed by atoms with Crippen molar-refractivity contribution in [2.45, 2.75) is 33.1 Å². The molecule has 1 heteroatoms. The third-order valence-corrected chi connectivity index (χ3v) is 1.97. The van der Waals surface area contributed by atoms with Crippen molar-refractivity contribution in [3.63, 3.8) is 0 Å². The Bertz CT molecular complexity index is 165. The molecule has 9 heavy (non-hydrogen) atoms. The van der Waals surface area contributed by atoms with Gasteiger partial charge in [0, 0.05) is 12.8 Å². The smallest absolute Gasteiger partial charge is 0.137 e. The Morgan fingerprint density at radius 2 is 1.78 bits per heavy atom. The van der Waals surface area contributed by atoms with Gasteiger partial charge in [0.15, 0.2) is 0 Å². The number of carbonyl (C=O) groups excluding carboxylic acids is 1. The number of ketones is 1. The van der Waals surface area contributed by atoms with Gasteiger partial charge in [0.2, 0.25) is 0 Å². The summed E-state index contributed by atoms with van der Waals surface area (Å²) in [6.07, 6.45) is 2.46. The zero-order chi connectivity index (χ0) is 6.85. The Morgan fingerprint density at radius 1 is 1.11 bits per heavy atom. The van der Waals surface area contributed by atoms with E-state index in [1.807, 2.05) is 6.92 Å². The van der Waals surface area contributed by atoms with Gasteiger partial charge >= 0.3 is 0 Å². The van der Waals surface area contributed by atoms with Crippen LogP contribution in [0, 0.1) is 0 Å². The molecule has 1 nitrogen and oxygen atoms in total. The monoisotopic (exact) mass is 124 g/mol. The molecule has 0 saturated heterocycles. The summed E-state index contributed by atoms with van der Waals surface area (Å²) in [6, 6.07) is 0. The molecule has 0 N–H and O–H groups in total. The summed E-state index contributed by atoms with van der Waals surface area (Å²) in [5.41, 5.74) is 2.70. The van der Waals surface area contributed by atoms with Crippen LogP contribution in [0.25, 0.3) is 0 Å². The van der Waals surface area contributed by atoms with E-state index in [2.05, 4.69) is 6.92 Å². The maximum absolute atomic E-state index is 10.8. The molecule has 0 fully saturated rings. The fraction of sp³-hybridized carbons (Fsp3) is 0.625. The van der Waals surface area contributed by atoms with E-state index in [4.69, 9.17) is 0 Å². The molecule has 50 valence electrons. The first kappa shape index (κ1) is 6.53. The summed E-state index contributed by atoms with van der Waals surface area (Å²) >= 11 is 0. The maximum atomic E-state index is 10.8. The van der Waals surface area contributed by atoms with Gasteiger partial charge in [-0.05, 0) is 20.3 Å². The first-order valence-corrected chi connectivity index (χ1v) is 3.37. The summed E-state index contributed by atoms with van der Waals surface area (Å²) in [5.74, 6) is 0.401. The molecule has 1 aliphatic rings. The second-order valence-corrected chi connectivity index (χ2v) is 2.78. The normalized spacial score (nSPS) is 20.9. The van der Waals surface area contributed by atoms with E-state index < -0.39 is 0 Å². The van der Waals surface area contributed by atoms with Crippen molar-refractivity contribution in [1.82, 2.24) is 0 Å². The van der Waals surface area contributed by atoms with Crippen molar-refractivity contribution in [1.29, 1.82) is 0 Å². The van der Waals surface area contributed by atoms with Gasteiger partial charge in [-0.3, -0.25) is 4.79 Å². The topological polar surface area (TPSA) is 17.1 Å². The van der Waals surface area contributed by atoms with Crippen LogP contribution in [0.3, 0.4) is 0 Å². The molecule has 0 spiro atoms. The van der Waals surface area contributed by atoms with Crippen LogP contribution in [0.1, 0.15) is 33.1 Å². The molecule has 0 heterocycles. The van der Waals surface area contributed by atoms with Crippen LogP contribution in [-0.4, -0.2) is 5.78 Å². The molecule has 1 aliphatic carbocycles. The predicted molar refractivity (Wildman–Crippen MR) is 37.2 cm³/mol. The molecule has 0 aromatic heterocycles. The molecule has 0 aromatic carbocycles. The lowest BCUT2D eigenvalue weighted by Crippen LogP contribution is -2.05. The number of allylic oxidation sites excluding steroid dienone is 2. The fourth-order valence-corrected chi connectivity index (χ4v) is 1.08. The highest BCUT2D eigenvalue weighted by molar-refractivity contribution is 5.82. The van der Waals surface area contributed by atoms with Crippen molar-refractivity contribution in [3.8, 4) is 0 Å². The quantitative estimate of drug-likeness (QED) is 0.452. The molecule has 0 unspecified atom stereocenters. The van der Waals surface area contributed by atoms with Crippen molar-refractivity contribution >= 4 is 5.78 Å². The third kappa shape index (κ3) is 1.41. The van der Waals surface area contributed by atoms with Gasteiger partial charge in [-0.25, -0.2) is 0 Å².